The van der Waals surface area contributed by atoms with Crippen LogP contribution in [0, 0.1) is 0 Å². The monoisotopic (exact) mass is 425 g/mol. The number of anilines is 1. The van der Waals surface area contributed by atoms with E-state index in [1.54, 1.807) is 7.11 Å². The van der Waals surface area contributed by atoms with Gasteiger partial charge in [0.05, 0.1) is 6.61 Å². The van der Waals surface area contributed by atoms with Gasteiger partial charge in [0.2, 0.25) is 0 Å². The molecule has 0 aliphatic carbocycles. The van der Waals surface area contributed by atoms with Gasteiger partial charge in [0.25, 0.3) is 0 Å². The van der Waals surface area contributed by atoms with Crippen molar-refractivity contribution < 1.29 is 4.74 Å². The number of rotatable bonds is 6. The predicted molar refractivity (Wildman–Crippen MR) is 108 cm³/mol. The molecule has 0 fully saturated rings. The van der Waals surface area contributed by atoms with E-state index >= 15 is 0 Å². The van der Waals surface area contributed by atoms with Gasteiger partial charge in [-0.1, -0.05) is 55.5 Å². The lowest BCUT2D eigenvalue weighted by atomic mass is 10.0. The van der Waals surface area contributed by atoms with Gasteiger partial charge in [-0.05, 0) is 11.6 Å². The van der Waals surface area contributed by atoms with Crippen LogP contribution in [0.25, 0.3) is 0 Å². The van der Waals surface area contributed by atoms with Crippen molar-refractivity contribution in [1.82, 2.24) is 0 Å². The SMILES string of the molecule is COCc1ccccc1NC(N)=NCC(C)c1ccccc1.I. The molecule has 1 atom stereocenters. The topological polar surface area (TPSA) is 59.6 Å². The van der Waals surface area contributed by atoms with Crippen molar-refractivity contribution in [1.29, 1.82) is 0 Å². The number of nitrogens with zero attached hydrogens (tertiary/aromatic N) is 1. The smallest absolute Gasteiger partial charge is 0.193 e. The summed E-state index contributed by atoms with van der Waals surface area (Å²) < 4.78 is 5.19. The molecule has 2 aromatic rings. The maximum atomic E-state index is 6.00. The van der Waals surface area contributed by atoms with E-state index in [1.165, 1.54) is 5.56 Å². The Hall–Kier alpha value is -1.60. The van der Waals surface area contributed by atoms with E-state index in [1.807, 2.05) is 42.5 Å². The lowest BCUT2D eigenvalue weighted by Gasteiger charge is -2.12. The summed E-state index contributed by atoms with van der Waals surface area (Å²) in [7, 11) is 1.68. The number of benzene rings is 2. The zero-order chi connectivity index (χ0) is 15.8. The van der Waals surface area contributed by atoms with E-state index in [4.69, 9.17) is 10.5 Å². The Morgan fingerprint density at radius 3 is 2.48 bits per heavy atom. The van der Waals surface area contributed by atoms with Crippen LogP contribution in [0.1, 0.15) is 24.0 Å². The number of nitrogens with one attached hydrogen (secondary N) is 1. The Bertz CT molecular complexity index is 617. The third-order valence-electron chi connectivity index (χ3n) is 3.48. The average Bonchev–Trinajstić information content (AvgIpc) is 2.55. The Kier molecular flexibility index (Phi) is 8.65. The summed E-state index contributed by atoms with van der Waals surface area (Å²) in [6.45, 7) is 3.33. The highest BCUT2D eigenvalue weighted by Gasteiger charge is 2.05. The van der Waals surface area contributed by atoms with Crippen molar-refractivity contribution in [2.45, 2.75) is 19.4 Å². The number of ether oxygens (including phenoxy) is 1. The molecule has 4 nitrogen and oxygen atoms in total. The average molecular weight is 425 g/mol. The van der Waals surface area contributed by atoms with Crippen LogP contribution in [-0.2, 0) is 11.3 Å². The van der Waals surface area contributed by atoms with Crippen LogP contribution in [0.15, 0.2) is 59.6 Å². The molecule has 0 aromatic heterocycles. The summed E-state index contributed by atoms with van der Waals surface area (Å²) in [5, 5.41) is 3.15. The first-order chi connectivity index (χ1) is 10.7. The number of hydrogen-bond donors (Lipinski definition) is 2. The number of para-hydroxylation sites is 1. The van der Waals surface area contributed by atoms with Gasteiger partial charge in [-0.15, -0.1) is 24.0 Å². The molecule has 2 rings (SSSR count). The van der Waals surface area contributed by atoms with Crippen molar-refractivity contribution in [3.8, 4) is 0 Å². The highest BCUT2D eigenvalue weighted by atomic mass is 127. The van der Waals surface area contributed by atoms with Gasteiger partial charge in [0.15, 0.2) is 5.96 Å². The fourth-order valence-electron chi connectivity index (χ4n) is 2.22. The first-order valence-corrected chi connectivity index (χ1v) is 7.39. The minimum absolute atomic E-state index is 0. The Labute approximate surface area is 155 Å². The predicted octanol–water partition coefficient (Wildman–Crippen LogP) is 3.98. The fourth-order valence-corrected chi connectivity index (χ4v) is 2.22. The van der Waals surface area contributed by atoms with Gasteiger partial charge >= 0.3 is 0 Å². The van der Waals surface area contributed by atoms with Crippen molar-refractivity contribution in [3.63, 3.8) is 0 Å². The molecule has 2 aromatic carbocycles. The molecule has 0 radical (unpaired) electrons. The van der Waals surface area contributed by atoms with Crippen LogP contribution in [-0.4, -0.2) is 19.6 Å². The molecule has 0 aliphatic rings. The maximum Gasteiger partial charge on any atom is 0.193 e. The van der Waals surface area contributed by atoms with Crippen LogP contribution >= 0.6 is 24.0 Å². The Morgan fingerprint density at radius 1 is 1.13 bits per heavy atom. The molecule has 0 spiro atoms. The largest absolute Gasteiger partial charge is 0.380 e. The van der Waals surface area contributed by atoms with E-state index < -0.39 is 0 Å². The van der Waals surface area contributed by atoms with E-state index in [0.717, 1.165) is 11.3 Å². The van der Waals surface area contributed by atoms with Crippen LogP contribution in [0.3, 0.4) is 0 Å². The summed E-state index contributed by atoms with van der Waals surface area (Å²) in [6, 6.07) is 18.2. The van der Waals surface area contributed by atoms with E-state index in [9.17, 15) is 0 Å². The molecular formula is C18H24IN3O. The first-order valence-electron chi connectivity index (χ1n) is 7.39. The second-order valence-corrected chi connectivity index (χ2v) is 5.25. The van der Waals surface area contributed by atoms with Gasteiger partial charge < -0.3 is 15.8 Å². The third kappa shape index (κ3) is 6.19. The highest BCUT2D eigenvalue weighted by Crippen LogP contribution is 2.16. The molecule has 0 bridgehead atoms. The quantitative estimate of drug-likeness (QED) is 0.418. The number of hydrogen-bond acceptors (Lipinski definition) is 2. The van der Waals surface area contributed by atoms with Crippen LogP contribution < -0.4 is 11.1 Å². The molecule has 0 saturated heterocycles. The molecule has 0 saturated carbocycles. The Morgan fingerprint density at radius 2 is 1.78 bits per heavy atom. The summed E-state index contributed by atoms with van der Waals surface area (Å²) >= 11 is 0. The zero-order valence-corrected chi connectivity index (χ0v) is 15.9. The standard InChI is InChI=1S/C18H23N3O.HI/c1-14(15-8-4-3-5-9-15)12-20-18(19)21-17-11-7-6-10-16(17)13-22-2;/h3-11,14H,12-13H2,1-2H3,(H3,19,20,21);1H. The minimum Gasteiger partial charge on any atom is -0.380 e. The maximum absolute atomic E-state index is 6.00. The van der Waals surface area contributed by atoms with Gasteiger partial charge in [-0.2, -0.15) is 0 Å². The lowest BCUT2D eigenvalue weighted by Crippen LogP contribution is -2.24. The van der Waals surface area contributed by atoms with Crippen molar-refractivity contribution >= 4 is 35.6 Å². The number of halogens is 1. The van der Waals surface area contributed by atoms with Crippen LogP contribution in [0.5, 0.6) is 0 Å². The highest BCUT2D eigenvalue weighted by molar-refractivity contribution is 14.0. The number of methoxy groups -OCH3 is 1. The van der Waals surface area contributed by atoms with E-state index in [2.05, 4.69) is 29.4 Å². The summed E-state index contributed by atoms with van der Waals surface area (Å²) in [6.07, 6.45) is 0. The van der Waals surface area contributed by atoms with Crippen LogP contribution in [0.2, 0.25) is 0 Å². The first kappa shape index (κ1) is 19.4. The zero-order valence-electron chi connectivity index (χ0n) is 13.5. The fraction of sp³-hybridized carbons (Fsp3) is 0.278. The second-order valence-electron chi connectivity index (χ2n) is 5.25. The summed E-state index contributed by atoms with van der Waals surface area (Å²) in [5.74, 6) is 0.752. The minimum atomic E-state index is 0. The molecule has 0 amide bonds. The van der Waals surface area contributed by atoms with Gasteiger partial charge in [-0.3, -0.25) is 4.99 Å². The normalized spacial score (nSPS) is 12.3. The van der Waals surface area contributed by atoms with Gasteiger partial charge in [0, 0.05) is 30.8 Å². The molecule has 0 heterocycles. The van der Waals surface area contributed by atoms with E-state index in [0.29, 0.717) is 25.0 Å². The van der Waals surface area contributed by atoms with Crippen molar-refractivity contribution in [2.75, 3.05) is 19.0 Å². The van der Waals surface area contributed by atoms with Crippen molar-refractivity contribution in [2.24, 2.45) is 10.7 Å². The third-order valence-corrected chi connectivity index (χ3v) is 3.48. The number of nitrogens with two attached hydrogens (primary N) is 1. The Balaban J connectivity index is 0.00000264. The summed E-state index contributed by atoms with van der Waals surface area (Å²) in [4.78, 5) is 4.44. The lowest BCUT2D eigenvalue weighted by molar-refractivity contribution is 0.185. The molecular weight excluding hydrogens is 401 g/mol. The molecule has 1 unspecified atom stereocenters. The number of guanidine groups is 1. The van der Waals surface area contributed by atoms with Gasteiger partial charge in [0.1, 0.15) is 0 Å². The number of aliphatic imine (C=N–C) groups is 1. The molecule has 124 valence electrons. The van der Waals surface area contributed by atoms with Gasteiger partial charge in [-0.25, -0.2) is 0 Å². The van der Waals surface area contributed by atoms with Crippen molar-refractivity contribution in [3.05, 3.63) is 65.7 Å². The summed E-state index contributed by atoms with van der Waals surface area (Å²) in [5.41, 5.74) is 9.24. The van der Waals surface area contributed by atoms with E-state index in [-0.39, 0.29) is 24.0 Å². The molecule has 23 heavy (non-hydrogen) atoms. The molecule has 3 N–H and O–H groups in total. The van der Waals surface area contributed by atoms with Crippen LogP contribution in [0.4, 0.5) is 5.69 Å². The molecule has 0 aliphatic heterocycles. The second kappa shape index (κ2) is 10.2. The molecule has 5 heteroatoms.